The van der Waals surface area contributed by atoms with Crippen LogP contribution in [0.5, 0.6) is 0 Å². The minimum atomic E-state index is -1.52. The van der Waals surface area contributed by atoms with E-state index in [9.17, 15) is 4.79 Å². The number of ketones is 1. The van der Waals surface area contributed by atoms with Crippen LogP contribution in [0.25, 0.3) is 0 Å². The van der Waals surface area contributed by atoms with Gasteiger partial charge in [0.2, 0.25) is 0 Å². The highest BCUT2D eigenvalue weighted by molar-refractivity contribution is 5.84. The van der Waals surface area contributed by atoms with Gasteiger partial charge >= 0.3 is 0 Å². The molecule has 3 saturated carbocycles. The smallest absolute Gasteiger partial charge is 0.136 e. The molecule has 0 aromatic rings. The van der Waals surface area contributed by atoms with Crippen molar-refractivity contribution in [1.82, 2.24) is 0 Å². The Morgan fingerprint density at radius 1 is 1.70 bits per heavy atom. The van der Waals surface area contributed by atoms with Gasteiger partial charge in [0.05, 0.1) is 0 Å². The Labute approximate surface area is 64.6 Å². The van der Waals surface area contributed by atoms with Crippen LogP contribution in [0.1, 0.15) is 35.8 Å². The average Bonchev–Trinajstić information content (AvgIpc) is 1.93. The summed E-state index contributed by atoms with van der Waals surface area (Å²) in [4.78, 5) is 11.5. The summed E-state index contributed by atoms with van der Waals surface area (Å²) >= 11 is 0. The zero-order valence-electron chi connectivity index (χ0n) is 8.48. The molecule has 0 N–H and O–H groups in total. The van der Waals surface area contributed by atoms with E-state index >= 15 is 0 Å². The zero-order chi connectivity index (χ0) is 9.15. The van der Waals surface area contributed by atoms with Crippen molar-refractivity contribution in [3.8, 4) is 0 Å². The Morgan fingerprint density at radius 2 is 2.40 bits per heavy atom. The predicted octanol–water partition coefficient (Wildman–Crippen LogP) is 2.01. The third-order valence-corrected chi connectivity index (χ3v) is 3.31. The number of Topliss-reactive ketones (excluding diaryl/α,β-unsaturated/α-hetero) is 1. The van der Waals surface area contributed by atoms with Gasteiger partial charge in [-0.2, -0.15) is 0 Å². The fourth-order valence-electron chi connectivity index (χ4n) is 2.15. The van der Waals surface area contributed by atoms with E-state index in [0.717, 1.165) is 6.42 Å². The van der Waals surface area contributed by atoms with E-state index in [1.807, 2.05) is 0 Å². The van der Waals surface area contributed by atoms with Gasteiger partial charge in [0.25, 0.3) is 0 Å². The molecule has 0 aromatic heterocycles. The predicted molar refractivity (Wildman–Crippen MR) is 39.6 cm³/mol. The van der Waals surface area contributed by atoms with E-state index in [1.165, 1.54) is 0 Å². The Morgan fingerprint density at radius 3 is 2.80 bits per heavy atom. The second-order valence-electron chi connectivity index (χ2n) is 4.05. The van der Waals surface area contributed by atoms with Crippen molar-refractivity contribution >= 4 is 5.78 Å². The van der Waals surface area contributed by atoms with E-state index in [2.05, 4.69) is 13.8 Å². The second-order valence-corrected chi connectivity index (χ2v) is 4.05. The van der Waals surface area contributed by atoms with E-state index in [1.54, 1.807) is 0 Å². The van der Waals surface area contributed by atoms with Crippen LogP contribution in [0, 0.1) is 17.3 Å². The molecular weight excluding hydrogens is 124 g/mol. The standard InChI is InChI=1S/C9H14O/c1-9(2)6-3-4-8(10)7(9)5-6/h6-7H,3-5H2,1-2H3/t6-,7-/m0/s1/i4D2. The van der Waals surface area contributed by atoms with Crippen LogP contribution in [0.4, 0.5) is 0 Å². The average molecular weight is 140 g/mol. The Hall–Kier alpha value is -0.330. The van der Waals surface area contributed by atoms with Gasteiger partial charge in [-0.05, 0) is 24.2 Å². The van der Waals surface area contributed by atoms with Crippen LogP contribution in [-0.2, 0) is 4.79 Å². The molecular formula is C9H14O. The highest BCUT2D eigenvalue weighted by atomic mass is 16.1. The van der Waals surface area contributed by atoms with Crippen molar-refractivity contribution in [2.24, 2.45) is 17.3 Å². The van der Waals surface area contributed by atoms with E-state index < -0.39 is 6.37 Å². The molecule has 3 aliphatic carbocycles. The molecule has 0 unspecified atom stereocenters. The monoisotopic (exact) mass is 140 g/mol. The van der Waals surface area contributed by atoms with Crippen molar-refractivity contribution < 1.29 is 7.54 Å². The van der Waals surface area contributed by atoms with Gasteiger partial charge in [-0.15, -0.1) is 0 Å². The first-order chi connectivity index (χ1) is 5.36. The number of fused-ring (bicyclic) bond motifs is 2. The summed E-state index contributed by atoms with van der Waals surface area (Å²) in [6.45, 7) is 4.16. The first-order valence-corrected chi connectivity index (χ1v) is 3.90. The van der Waals surface area contributed by atoms with Gasteiger partial charge in [0.15, 0.2) is 0 Å². The van der Waals surface area contributed by atoms with Crippen molar-refractivity contribution in [3.63, 3.8) is 0 Å². The highest BCUT2D eigenvalue weighted by Crippen LogP contribution is 2.57. The maximum Gasteiger partial charge on any atom is 0.136 e. The lowest BCUT2D eigenvalue weighted by Gasteiger charge is -2.55. The Balaban J connectivity index is 2.29. The summed E-state index contributed by atoms with van der Waals surface area (Å²) in [5.41, 5.74) is 0.0721. The van der Waals surface area contributed by atoms with Gasteiger partial charge in [-0.3, -0.25) is 4.79 Å². The van der Waals surface area contributed by atoms with Crippen LogP contribution >= 0.6 is 0 Å². The summed E-state index contributed by atoms with van der Waals surface area (Å²) < 4.78 is 15.0. The molecule has 0 amide bonds. The number of carbonyl (C=O) groups excluding carboxylic acids is 1. The fraction of sp³-hybridized carbons (Fsp3) is 0.889. The lowest BCUT2D eigenvalue weighted by atomic mass is 9.48. The SMILES string of the molecule is [2H]C1([2H])C[C@H]2C[C@@H](C1=O)C2(C)C. The zero-order valence-corrected chi connectivity index (χ0v) is 6.48. The third-order valence-electron chi connectivity index (χ3n) is 3.31. The van der Waals surface area contributed by atoms with Crippen LogP contribution in [-0.4, -0.2) is 5.78 Å². The maximum atomic E-state index is 11.5. The summed E-state index contributed by atoms with van der Waals surface area (Å²) in [7, 11) is 0. The molecule has 2 atom stereocenters. The summed E-state index contributed by atoms with van der Waals surface area (Å²) in [6, 6.07) is 0. The quantitative estimate of drug-likeness (QED) is 0.503. The fourth-order valence-corrected chi connectivity index (χ4v) is 2.15. The number of rotatable bonds is 0. The molecule has 0 heterocycles. The molecule has 3 rings (SSSR count). The molecule has 1 nitrogen and oxygen atoms in total. The van der Waals surface area contributed by atoms with Crippen molar-refractivity contribution in [3.05, 3.63) is 0 Å². The molecule has 0 radical (unpaired) electrons. The molecule has 0 aliphatic heterocycles. The minimum absolute atomic E-state index is 0.00810. The molecule has 56 valence electrons. The van der Waals surface area contributed by atoms with Gasteiger partial charge in [-0.25, -0.2) is 0 Å². The van der Waals surface area contributed by atoms with Gasteiger partial charge in [0.1, 0.15) is 5.78 Å². The number of carbonyl (C=O) groups is 1. The van der Waals surface area contributed by atoms with E-state index in [4.69, 9.17) is 2.74 Å². The molecule has 3 fully saturated rings. The molecule has 2 bridgehead atoms. The van der Waals surface area contributed by atoms with Gasteiger partial charge in [-0.1, -0.05) is 13.8 Å². The topological polar surface area (TPSA) is 17.1 Å². The van der Waals surface area contributed by atoms with Crippen molar-refractivity contribution in [2.45, 2.75) is 33.1 Å². The van der Waals surface area contributed by atoms with Crippen LogP contribution in [0.3, 0.4) is 0 Å². The van der Waals surface area contributed by atoms with E-state index in [-0.39, 0.29) is 17.1 Å². The molecule has 0 spiro atoms. The van der Waals surface area contributed by atoms with Crippen LogP contribution < -0.4 is 0 Å². The van der Waals surface area contributed by atoms with Crippen LogP contribution in [0.2, 0.25) is 0 Å². The molecule has 0 aromatic carbocycles. The summed E-state index contributed by atoms with van der Waals surface area (Å²) in [6.07, 6.45) is -0.163. The minimum Gasteiger partial charge on any atom is -0.299 e. The largest absolute Gasteiger partial charge is 0.299 e. The molecule has 10 heavy (non-hydrogen) atoms. The highest BCUT2D eigenvalue weighted by Gasteiger charge is 2.53. The Bertz CT molecular complexity index is 245. The first kappa shape index (κ1) is 4.53. The Kier molecular flexibility index (Phi) is 0.740. The number of hydrogen-bond acceptors (Lipinski definition) is 1. The van der Waals surface area contributed by atoms with Gasteiger partial charge in [0, 0.05) is 15.0 Å². The van der Waals surface area contributed by atoms with Crippen molar-refractivity contribution in [1.29, 1.82) is 0 Å². The summed E-state index contributed by atoms with van der Waals surface area (Å²) in [5.74, 6) is 0.261. The first-order valence-electron chi connectivity index (χ1n) is 4.90. The number of hydrogen-bond donors (Lipinski definition) is 0. The normalized spacial score (nSPS) is 50.8. The lowest BCUT2D eigenvalue weighted by Crippen LogP contribution is -2.52. The van der Waals surface area contributed by atoms with Crippen LogP contribution in [0.15, 0.2) is 0 Å². The molecule has 3 aliphatic rings. The molecule has 1 heteroatoms. The third kappa shape index (κ3) is 0.561. The maximum absolute atomic E-state index is 11.5. The summed E-state index contributed by atoms with van der Waals surface area (Å²) in [5, 5.41) is 0. The van der Waals surface area contributed by atoms with Gasteiger partial charge < -0.3 is 0 Å². The van der Waals surface area contributed by atoms with E-state index in [0.29, 0.717) is 12.3 Å². The molecule has 0 saturated heterocycles. The van der Waals surface area contributed by atoms with Crippen molar-refractivity contribution in [2.75, 3.05) is 0 Å². The second kappa shape index (κ2) is 1.63. The lowest BCUT2D eigenvalue weighted by molar-refractivity contribution is -0.148.